The van der Waals surface area contributed by atoms with E-state index in [1.165, 1.54) is 0 Å². The van der Waals surface area contributed by atoms with E-state index in [1.807, 2.05) is 6.92 Å². The summed E-state index contributed by atoms with van der Waals surface area (Å²) < 4.78 is 0. The van der Waals surface area contributed by atoms with Crippen LogP contribution >= 0.6 is 0 Å². The van der Waals surface area contributed by atoms with Crippen LogP contribution < -0.4 is 5.32 Å². The molecule has 3 nitrogen and oxygen atoms in total. The molecule has 0 rings (SSSR count). The summed E-state index contributed by atoms with van der Waals surface area (Å²) in [5, 5.41) is 11.9. The molecule has 0 saturated carbocycles. The molecule has 72 valence electrons. The largest absolute Gasteiger partial charge is 0.480 e. The van der Waals surface area contributed by atoms with Crippen molar-refractivity contribution in [2.45, 2.75) is 46.2 Å². The minimum absolute atomic E-state index is 0.219. The lowest BCUT2D eigenvalue weighted by Gasteiger charge is -2.28. The fraction of sp³-hybridized carbons (Fsp3) is 0.889. The number of carbonyl (C=O) groups is 1. The van der Waals surface area contributed by atoms with Crippen LogP contribution in [0.2, 0.25) is 0 Å². The molecule has 0 saturated heterocycles. The van der Waals surface area contributed by atoms with E-state index in [0.717, 1.165) is 0 Å². The maximum Gasteiger partial charge on any atom is 0.323 e. The first-order chi connectivity index (χ1) is 5.27. The molecule has 0 aromatic heterocycles. The van der Waals surface area contributed by atoms with Crippen molar-refractivity contribution < 1.29 is 9.90 Å². The maximum atomic E-state index is 10.7. The summed E-state index contributed by atoms with van der Waals surface area (Å²) in [7, 11) is 0. The van der Waals surface area contributed by atoms with Crippen LogP contribution in [0.1, 0.15) is 34.6 Å². The van der Waals surface area contributed by atoms with Crippen molar-refractivity contribution in [1.29, 1.82) is 0 Å². The standard InChI is InChI=1S/C9H19NO2/c1-6(2)7(3)10-9(4,5)8(11)12/h6-7,10H,1-5H3,(H,11,12). The van der Waals surface area contributed by atoms with E-state index in [4.69, 9.17) is 5.11 Å². The van der Waals surface area contributed by atoms with Crippen LogP contribution in [0.15, 0.2) is 0 Å². The number of carboxylic acid groups (broad SMARTS) is 1. The normalized spacial score (nSPS) is 14.8. The van der Waals surface area contributed by atoms with Gasteiger partial charge in [-0.1, -0.05) is 13.8 Å². The van der Waals surface area contributed by atoms with Gasteiger partial charge in [0.25, 0.3) is 0 Å². The zero-order chi connectivity index (χ0) is 9.94. The molecule has 12 heavy (non-hydrogen) atoms. The summed E-state index contributed by atoms with van der Waals surface area (Å²) in [5.74, 6) is -0.362. The third-order valence-electron chi connectivity index (χ3n) is 2.12. The van der Waals surface area contributed by atoms with Gasteiger partial charge in [0.2, 0.25) is 0 Å². The van der Waals surface area contributed by atoms with Crippen molar-refractivity contribution in [2.24, 2.45) is 5.92 Å². The molecule has 0 aromatic rings. The van der Waals surface area contributed by atoms with E-state index in [0.29, 0.717) is 5.92 Å². The Kier molecular flexibility index (Phi) is 3.71. The van der Waals surface area contributed by atoms with Gasteiger partial charge in [-0.15, -0.1) is 0 Å². The lowest BCUT2D eigenvalue weighted by molar-refractivity contribution is -0.143. The van der Waals surface area contributed by atoms with Crippen molar-refractivity contribution in [3.8, 4) is 0 Å². The molecular formula is C9H19NO2. The van der Waals surface area contributed by atoms with E-state index < -0.39 is 11.5 Å². The minimum atomic E-state index is -0.830. The third-order valence-corrected chi connectivity index (χ3v) is 2.12. The molecule has 2 N–H and O–H groups in total. The molecule has 0 aliphatic carbocycles. The number of hydrogen-bond acceptors (Lipinski definition) is 2. The van der Waals surface area contributed by atoms with Crippen molar-refractivity contribution in [3.05, 3.63) is 0 Å². The molecule has 0 amide bonds. The Morgan fingerprint density at radius 3 is 2.00 bits per heavy atom. The molecular weight excluding hydrogens is 154 g/mol. The Balaban J connectivity index is 4.15. The highest BCUT2D eigenvalue weighted by molar-refractivity contribution is 5.77. The van der Waals surface area contributed by atoms with Crippen molar-refractivity contribution in [1.82, 2.24) is 5.32 Å². The van der Waals surface area contributed by atoms with Crippen LogP contribution in [0.5, 0.6) is 0 Å². The quantitative estimate of drug-likeness (QED) is 0.677. The minimum Gasteiger partial charge on any atom is -0.480 e. The van der Waals surface area contributed by atoms with E-state index in [1.54, 1.807) is 13.8 Å². The zero-order valence-electron chi connectivity index (χ0n) is 8.51. The molecule has 0 radical (unpaired) electrons. The topological polar surface area (TPSA) is 49.3 Å². The summed E-state index contributed by atoms with van der Waals surface area (Å²) in [6.45, 7) is 9.48. The second kappa shape index (κ2) is 3.90. The van der Waals surface area contributed by atoms with Gasteiger partial charge < -0.3 is 5.11 Å². The van der Waals surface area contributed by atoms with E-state index in [2.05, 4.69) is 19.2 Å². The number of rotatable bonds is 4. The molecule has 0 bridgehead atoms. The van der Waals surface area contributed by atoms with Crippen LogP contribution in [0.25, 0.3) is 0 Å². The van der Waals surface area contributed by atoms with Crippen LogP contribution in [0, 0.1) is 5.92 Å². The third kappa shape index (κ3) is 3.22. The van der Waals surface area contributed by atoms with Gasteiger partial charge in [-0.3, -0.25) is 10.1 Å². The summed E-state index contributed by atoms with van der Waals surface area (Å²) in [6.07, 6.45) is 0. The Morgan fingerprint density at radius 1 is 1.33 bits per heavy atom. The van der Waals surface area contributed by atoms with Gasteiger partial charge in [0.15, 0.2) is 0 Å². The fourth-order valence-electron chi connectivity index (χ4n) is 0.798. The second-order valence-corrected chi connectivity index (χ2v) is 4.11. The first-order valence-corrected chi connectivity index (χ1v) is 4.28. The molecule has 0 aliphatic heterocycles. The predicted octanol–water partition coefficient (Wildman–Crippen LogP) is 1.48. The summed E-state index contributed by atoms with van der Waals surface area (Å²) in [4.78, 5) is 10.7. The van der Waals surface area contributed by atoms with Crippen LogP contribution in [-0.2, 0) is 4.79 Å². The lowest BCUT2D eigenvalue weighted by Crippen LogP contribution is -2.52. The Bertz CT molecular complexity index is 164. The van der Waals surface area contributed by atoms with E-state index in [9.17, 15) is 4.79 Å². The first kappa shape index (κ1) is 11.4. The van der Waals surface area contributed by atoms with Crippen molar-refractivity contribution >= 4 is 5.97 Å². The van der Waals surface area contributed by atoms with Gasteiger partial charge in [-0.25, -0.2) is 0 Å². The molecule has 0 aromatic carbocycles. The SMILES string of the molecule is CC(C)C(C)NC(C)(C)C(=O)O. The summed E-state index contributed by atoms with van der Waals surface area (Å²) in [5.41, 5.74) is -0.830. The van der Waals surface area contributed by atoms with Crippen LogP contribution in [-0.4, -0.2) is 22.7 Å². The predicted molar refractivity (Wildman–Crippen MR) is 49.2 cm³/mol. The number of aliphatic carboxylic acids is 1. The second-order valence-electron chi connectivity index (χ2n) is 4.11. The van der Waals surface area contributed by atoms with E-state index in [-0.39, 0.29) is 6.04 Å². The number of nitrogens with one attached hydrogen (secondary N) is 1. The van der Waals surface area contributed by atoms with Gasteiger partial charge >= 0.3 is 5.97 Å². The summed E-state index contributed by atoms with van der Waals surface area (Å²) >= 11 is 0. The van der Waals surface area contributed by atoms with Crippen LogP contribution in [0.3, 0.4) is 0 Å². The van der Waals surface area contributed by atoms with Gasteiger partial charge in [0.05, 0.1) is 0 Å². The maximum absolute atomic E-state index is 10.7. The smallest absolute Gasteiger partial charge is 0.323 e. The molecule has 0 spiro atoms. The first-order valence-electron chi connectivity index (χ1n) is 4.28. The van der Waals surface area contributed by atoms with E-state index >= 15 is 0 Å². The lowest BCUT2D eigenvalue weighted by atomic mass is 10.00. The monoisotopic (exact) mass is 173 g/mol. The number of hydrogen-bond donors (Lipinski definition) is 2. The summed E-state index contributed by atoms with van der Waals surface area (Å²) in [6, 6.07) is 0.219. The van der Waals surface area contributed by atoms with Crippen molar-refractivity contribution in [2.75, 3.05) is 0 Å². The number of carboxylic acids is 1. The Morgan fingerprint density at radius 2 is 1.75 bits per heavy atom. The average molecular weight is 173 g/mol. The molecule has 0 heterocycles. The highest BCUT2D eigenvalue weighted by atomic mass is 16.4. The zero-order valence-corrected chi connectivity index (χ0v) is 8.51. The average Bonchev–Trinajstić information content (AvgIpc) is 1.85. The Hall–Kier alpha value is -0.570. The molecule has 0 fully saturated rings. The Labute approximate surface area is 74.2 Å². The fourth-order valence-corrected chi connectivity index (χ4v) is 0.798. The highest BCUT2D eigenvalue weighted by Crippen LogP contribution is 2.08. The molecule has 1 atom stereocenters. The van der Waals surface area contributed by atoms with Gasteiger partial charge in [0.1, 0.15) is 5.54 Å². The van der Waals surface area contributed by atoms with Crippen LogP contribution in [0.4, 0.5) is 0 Å². The van der Waals surface area contributed by atoms with Gasteiger partial charge in [-0.2, -0.15) is 0 Å². The van der Waals surface area contributed by atoms with Gasteiger partial charge in [-0.05, 0) is 26.7 Å². The molecule has 3 heteroatoms. The highest BCUT2D eigenvalue weighted by Gasteiger charge is 2.28. The van der Waals surface area contributed by atoms with Gasteiger partial charge in [0, 0.05) is 6.04 Å². The molecule has 0 aliphatic rings. The molecule has 1 unspecified atom stereocenters. The van der Waals surface area contributed by atoms with Crippen molar-refractivity contribution in [3.63, 3.8) is 0 Å².